The van der Waals surface area contributed by atoms with E-state index in [1.807, 2.05) is 23.1 Å². The summed E-state index contributed by atoms with van der Waals surface area (Å²) in [6, 6.07) is 26.8. The third-order valence-corrected chi connectivity index (χ3v) is 12.4. The first-order valence-electron chi connectivity index (χ1n) is 18.5. The van der Waals surface area contributed by atoms with Gasteiger partial charge in [0, 0.05) is 26.5 Å². The highest BCUT2D eigenvalue weighted by Gasteiger charge is 2.35. The molecule has 1 nitrogen and oxygen atoms in total. The third kappa shape index (κ3) is 8.27. The Hall–Kier alpha value is -3.66. The zero-order valence-electron chi connectivity index (χ0n) is 34.0. The topological polar surface area (TPSA) is 17.1 Å². The van der Waals surface area contributed by atoms with Crippen LogP contribution in [0.5, 0.6) is 0 Å². The van der Waals surface area contributed by atoms with E-state index in [9.17, 15) is 4.79 Å². The number of aryl methyl sites for hydroxylation is 2. The Bertz CT molecular complexity index is 2160. The number of Topliss-reactive ketones (excluding diaryl/α,β-unsaturated/α-hetero) is 1. The summed E-state index contributed by atoms with van der Waals surface area (Å²) in [6.45, 7) is 35.6. The van der Waals surface area contributed by atoms with Crippen LogP contribution in [-0.2, 0) is 15.6 Å². The molecular formula is C49H58OS2. The van der Waals surface area contributed by atoms with E-state index in [0.717, 1.165) is 21.9 Å². The number of thiophene rings is 1. The van der Waals surface area contributed by atoms with Gasteiger partial charge in [-0.1, -0.05) is 150 Å². The van der Waals surface area contributed by atoms with Crippen LogP contribution in [-0.4, -0.2) is 5.78 Å². The van der Waals surface area contributed by atoms with Gasteiger partial charge in [-0.2, -0.15) is 0 Å². The van der Waals surface area contributed by atoms with Crippen molar-refractivity contribution < 1.29 is 4.79 Å². The fourth-order valence-electron chi connectivity index (χ4n) is 7.02. The first-order chi connectivity index (χ1) is 24.0. The van der Waals surface area contributed by atoms with Gasteiger partial charge in [-0.3, -0.25) is 4.79 Å². The summed E-state index contributed by atoms with van der Waals surface area (Å²) in [5, 5.41) is 2.37. The van der Waals surface area contributed by atoms with E-state index in [-0.39, 0.29) is 27.4 Å². The summed E-state index contributed by atoms with van der Waals surface area (Å²) in [5.74, 6) is 0.159. The molecular weight excluding hydrogens is 669 g/mol. The fraction of sp³-hybridized carbons (Fsp3) is 0.367. The van der Waals surface area contributed by atoms with Crippen molar-refractivity contribution >= 4 is 45.9 Å². The lowest BCUT2D eigenvalue weighted by atomic mass is 9.71. The van der Waals surface area contributed by atoms with Gasteiger partial charge in [0.2, 0.25) is 0 Å². The second kappa shape index (κ2) is 14.3. The Morgan fingerprint density at radius 3 is 1.52 bits per heavy atom. The van der Waals surface area contributed by atoms with Gasteiger partial charge in [0.05, 0.1) is 4.21 Å². The molecule has 0 amide bonds. The molecule has 1 aromatic heterocycles. The van der Waals surface area contributed by atoms with E-state index in [1.165, 1.54) is 58.2 Å². The average Bonchev–Trinajstić information content (AvgIpc) is 3.48. The van der Waals surface area contributed by atoms with Crippen molar-refractivity contribution in [1.82, 2.24) is 0 Å². The van der Waals surface area contributed by atoms with Crippen molar-refractivity contribution in [2.24, 2.45) is 10.8 Å². The Labute approximate surface area is 322 Å². The van der Waals surface area contributed by atoms with Gasteiger partial charge in [-0.25, -0.2) is 0 Å². The molecule has 1 heterocycles. The van der Waals surface area contributed by atoms with Crippen molar-refractivity contribution in [3.63, 3.8) is 0 Å². The number of rotatable bonds is 5. The lowest BCUT2D eigenvalue weighted by molar-refractivity contribution is -0.114. The number of hydrogen-bond acceptors (Lipinski definition) is 3. The Kier molecular flexibility index (Phi) is 10.9. The molecule has 1 aliphatic rings. The van der Waals surface area contributed by atoms with Crippen molar-refractivity contribution in [3.8, 4) is 0 Å². The van der Waals surface area contributed by atoms with Gasteiger partial charge in [-0.15, -0.1) is 11.3 Å². The van der Waals surface area contributed by atoms with Crippen LogP contribution in [0, 0.1) is 24.7 Å². The summed E-state index contributed by atoms with van der Waals surface area (Å²) >= 11 is 3.66. The number of allylic oxidation sites excluding steroid dienone is 5. The maximum absolute atomic E-state index is 13.9. The fourth-order valence-corrected chi connectivity index (χ4v) is 9.44. The standard InChI is InChI=1S/C49H58OS2/c1-30-20-16-18-22-35(30)43(33-26-37(46(4,5)6)32(3)38(27-33)47(7,8)9)41-24-25-42(51-41)52-45(36-23-19-17-21-31(36)2)34-28-39(48(10,11)12)44(50)40(29-34)49(13,14)15/h16-29H,3H2,1-2,4-15H3. The number of carbonyl (C=O) groups is 1. The molecule has 0 atom stereocenters. The normalized spacial score (nSPS) is 14.3. The first kappa shape index (κ1) is 39.5. The minimum absolute atomic E-state index is 0.0603. The molecule has 52 heavy (non-hydrogen) atoms. The molecule has 0 aliphatic heterocycles. The molecule has 272 valence electrons. The highest BCUT2D eigenvalue weighted by Crippen LogP contribution is 2.47. The number of carbonyl (C=O) groups excluding carboxylic acids is 1. The zero-order valence-corrected chi connectivity index (χ0v) is 35.6. The number of hydrogen-bond donors (Lipinski definition) is 0. The summed E-state index contributed by atoms with van der Waals surface area (Å²) < 4.78 is 1.21. The van der Waals surface area contributed by atoms with E-state index in [2.05, 4.69) is 188 Å². The highest BCUT2D eigenvalue weighted by molar-refractivity contribution is 8.09. The second-order valence-electron chi connectivity index (χ2n) is 18.5. The van der Waals surface area contributed by atoms with Crippen molar-refractivity contribution in [2.45, 2.75) is 112 Å². The lowest BCUT2D eigenvalue weighted by Crippen LogP contribution is -2.33. The molecule has 0 radical (unpaired) electrons. The number of ketones is 1. The number of thioether (sulfide) groups is 1. The maximum atomic E-state index is 13.9. The third-order valence-electron chi connectivity index (χ3n) is 9.96. The van der Waals surface area contributed by atoms with Crippen molar-refractivity contribution in [1.29, 1.82) is 0 Å². The minimum Gasteiger partial charge on any atom is -0.289 e. The molecule has 3 heteroatoms. The van der Waals surface area contributed by atoms with Gasteiger partial charge >= 0.3 is 0 Å². The SMILES string of the molecule is C=c1c(C(C)(C)C)cc(=C(c2ccc(SC(=C3C=C(C(C)(C)C)C(=O)C(C(C)(C)C)=C3)c3ccccc3C)s2)c2ccccc2C)cc1C(C)(C)C. The first-order valence-corrected chi connectivity index (χ1v) is 20.1. The predicted molar refractivity (Wildman–Crippen MR) is 230 cm³/mol. The van der Waals surface area contributed by atoms with Crippen LogP contribution in [0.2, 0.25) is 0 Å². The molecule has 0 spiro atoms. The molecule has 4 aromatic rings. The van der Waals surface area contributed by atoms with Crippen LogP contribution >= 0.6 is 23.1 Å². The second-order valence-corrected chi connectivity index (χ2v) is 20.9. The Morgan fingerprint density at radius 2 is 1.08 bits per heavy atom. The van der Waals surface area contributed by atoms with Gasteiger partial charge in [0.25, 0.3) is 0 Å². The van der Waals surface area contributed by atoms with Crippen molar-refractivity contribution in [2.75, 3.05) is 0 Å². The summed E-state index contributed by atoms with van der Waals surface area (Å²) in [7, 11) is 0. The Balaban J connectivity index is 1.82. The van der Waals surface area contributed by atoms with Crippen LogP contribution in [0.1, 0.15) is 121 Å². The van der Waals surface area contributed by atoms with E-state index in [0.29, 0.717) is 0 Å². The van der Waals surface area contributed by atoms with E-state index >= 15 is 0 Å². The number of benzene rings is 3. The monoisotopic (exact) mass is 726 g/mol. The summed E-state index contributed by atoms with van der Waals surface area (Å²) in [5.41, 5.74) is 10.9. The molecule has 0 unspecified atom stereocenters. The van der Waals surface area contributed by atoms with Crippen molar-refractivity contribution in [3.05, 3.63) is 150 Å². The minimum atomic E-state index is -0.288. The zero-order chi connectivity index (χ0) is 38.6. The van der Waals surface area contributed by atoms with Crippen LogP contribution < -0.4 is 10.4 Å². The quantitative estimate of drug-likeness (QED) is 0.191. The molecule has 5 rings (SSSR count). The van der Waals surface area contributed by atoms with Crippen LogP contribution in [0.4, 0.5) is 0 Å². The van der Waals surface area contributed by atoms with Gasteiger partial charge in [0.1, 0.15) is 0 Å². The molecule has 0 N–H and O–H groups in total. The lowest BCUT2D eigenvalue weighted by Gasteiger charge is -2.32. The Morgan fingerprint density at radius 1 is 0.615 bits per heavy atom. The van der Waals surface area contributed by atoms with Crippen LogP contribution in [0.25, 0.3) is 17.1 Å². The molecule has 0 fully saturated rings. The van der Waals surface area contributed by atoms with Gasteiger partial charge < -0.3 is 0 Å². The highest BCUT2D eigenvalue weighted by atomic mass is 32.2. The summed E-state index contributed by atoms with van der Waals surface area (Å²) in [6.07, 6.45) is 4.32. The van der Waals surface area contributed by atoms with E-state index in [1.54, 1.807) is 0 Å². The van der Waals surface area contributed by atoms with Crippen LogP contribution in [0.3, 0.4) is 0 Å². The van der Waals surface area contributed by atoms with Crippen LogP contribution in [0.15, 0.2) is 106 Å². The maximum Gasteiger partial charge on any atom is 0.186 e. The molecule has 0 saturated heterocycles. The van der Waals surface area contributed by atoms with Gasteiger partial charge in [-0.05, 0) is 121 Å². The molecule has 0 saturated carbocycles. The van der Waals surface area contributed by atoms with E-state index in [4.69, 9.17) is 0 Å². The average molecular weight is 727 g/mol. The molecule has 3 aromatic carbocycles. The largest absolute Gasteiger partial charge is 0.289 e. The molecule has 0 bridgehead atoms. The smallest absolute Gasteiger partial charge is 0.186 e. The van der Waals surface area contributed by atoms with Gasteiger partial charge in [0.15, 0.2) is 5.78 Å². The predicted octanol–water partition coefficient (Wildman–Crippen LogP) is 12.6. The molecule has 1 aliphatic carbocycles. The summed E-state index contributed by atoms with van der Waals surface area (Å²) in [4.78, 5) is 16.4. The van der Waals surface area contributed by atoms with E-state index < -0.39 is 0 Å².